The number of aromatic nitrogens is 2. The first-order valence-electron chi connectivity index (χ1n) is 8.53. The number of likely N-dealkylation sites (N-methyl/N-ethyl adjacent to an activating group) is 1. The summed E-state index contributed by atoms with van der Waals surface area (Å²) in [5.41, 5.74) is 11.8. The molecule has 1 radical (unpaired) electrons. The number of nitrogens with two attached hydrogens (primary N) is 2. The normalized spacial score (nSPS) is 13.9. The Hall–Kier alpha value is -1.78. The van der Waals surface area contributed by atoms with E-state index in [9.17, 15) is 19.5 Å². The van der Waals surface area contributed by atoms with Crippen LogP contribution in [0.2, 0.25) is 0 Å². The maximum absolute atomic E-state index is 13.0. The molecule has 0 aliphatic rings. The number of H-pyrrole nitrogens is 1. The van der Waals surface area contributed by atoms with Crippen LogP contribution in [0.15, 0.2) is 12.5 Å². The van der Waals surface area contributed by atoms with Crippen LogP contribution in [0, 0.1) is 0 Å². The van der Waals surface area contributed by atoms with Crippen molar-refractivity contribution in [2.45, 2.75) is 50.7 Å². The Bertz CT molecular complexity index is 596. The molecule has 0 spiro atoms. The van der Waals surface area contributed by atoms with Crippen LogP contribution < -0.4 is 16.8 Å². The van der Waals surface area contributed by atoms with Crippen molar-refractivity contribution in [2.24, 2.45) is 11.5 Å². The molecule has 3 unspecified atom stereocenters. The predicted molar refractivity (Wildman–Crippen MR) is 95.0 cm³/mol. The Labute approximate surface area is 168 Å². The standard InChI is InChI=1S/C16H28N6O4.Cu/c1-10(18)14(23)22(13(16(25)26)5-3-4-6-17)15(24)12(19-2)7-11-8-20-9-21-11;/h8-10,12-13,19H,3-7,17-18H2,1-2H3,(H,20,21)(H,25,26);. The summed E-state index contributed by atoms with van der Waals surface area (Å²) in [5.74, 6) is -2.61. The van der Waals surface area contributed by atoms with Gasteiger partial charge < -0.3 is 26.9 Å². The molecule has 0 aromatic carbocycles. The first kappa shape index (κ1) is 25.2. The van der Waals surface area contributed by atoms with Crippen LogP contribution in [0.4, 0.5) is 0 Å². The number of nitrogens with zero attached hydrogens (tertiary/aromatic N) is 2. The molecule has 157 valence electrons. The van der Waals surface area contributed by atoms with Crippen LogP contribution >= 0.6 is 0 Å². The monoisotopic (exact) mass is 431 g/mol. The van der Waals surface area contributed by atoms with Gasteiger partial charge in [0.1, 0.15) is 6.04 Å². The van der Waals surface area contributed by atoms with E-state index in [1.807, 2.05) is 0 Å². The fourth-order valence-corrected chi connectivity index (χ4v) is 2.58. The molecular formula is C16H28CuN6O4. The second-order valence-corrected chi connectivity index (χ2v) is 6.10. The number of carboxylic acids is 1. The van der Waals surface area contributed by atoms with Crippen LogP contribution in [0.3, 0.4) is 0 Å². The molecule has 11 heteroatoms. The summed E-state index contributed by atoms with van der Waals surface area (Å²) < 4.78 is 0. The number of aromatic amines is 1. The smallest absolute Gasteiger partial charge is 0.326 e. The van der Waals surface area contributed by atoms with Gasteiger partial charge in [-0.25, -0.2) is 9.78 Å². The van der Waals surface area contributed by atoms with Crippen molar-refractivity contribution in [3.63, 3.8) is 0 Å². The van der Waals surface area contributed by atoms with E-state index < -0.39 is 35.9 Å². The Balaban J connectivity index is 0.00000676. The maximum atomic E-state index is 13.0. The molecule has 0 fully saturated rings. The van der Waals surface area contributed by atoms with Crippen LogP contribution in [0.1, 0.15) is 31.9 Å². The van der Waals surface area contributed by atoms with Crippen molar-refractivity contribution in [1.29, 1.82) is 0 Å². The number of unbranched alkanes of at least 4 members (excludes halogenated alkanes) is 1. The summed E-state index contributed by atoms with van der Waals surface area (Å²) in [6.07, 6.45) is 4.47. The van der Waals surface area contributed by atoms with Gasteiger partial charge in [0.2, 0.25) is 11.8 Å². The number of aliphatic carboxylic acids is 1. The Morgan fingerprint density at radius 3 is 2.44 bits per heavy atom. The number of nitrogens with one attached hydrogen (secondary N) is 2. The van der Waals surface area contributed by atoms with E-state index in [4.69, 9.17) is 11.5 Å². The van der Waals surface area contributed by atoms with Crippen molar-refractivity contribution >= 4 is 17.8 Å². The minimum absolute atomic E-state index is 0. The molecule has 1 aromatic rings. The summed E-state index contributed by atoms with van der Waals surface area (Å²) in [6, 6.07) is -3.08. The largest absolute Gasteiger partial charge is 0.480 e. The molecule has 0 aliphatic heterocycles. The molecule has 1 heterocycles. The van der Waals surface area contributed by atoms with Crippen LogP contribution in [0.25, 0.3) is 0 Å². The zero-order chi connectivity index (χ0) is 19.7. The second-order valence-electron chi connectivity index (χ2n) is 6.10. The van der Waals surface area contributed by atoms with E-state index in [1.165, 1.54) is 13.3 Å². The van der Waals surface area contributed by atoms with Crippen molar-refractivity contribution in [3.8, 4) is 0 Å². The van der Waals surface area contributed by atoms with Gasteiger partial charge in [0.05, 0.1) is 18.4 Å². The van der Waals surface area contributed by atoms with E-state index >= 15 is 0 Å². The number of carbonyl (C=O) groups excluding carboxylic acids is 2. The van der Waals surface area contributed by atoms with E-state index in [-0.39, 0.29) is 29.9 Å². The molecule has 0 bridgehead atoms. The molecule has 0 saturated heterocycles. The molecular weight excluding hydrogens is 404 g/mol. The third-order valence-electron chi connectivity index (χ3n) is 4.02. The predicted octanol–water partition coefficient (Wildman–Crippen LogP) is -1.18. The molecule has 10 nitrogen and oxygen atoms in total. The quantitative estimate of drug-likeness (QED) is 0.215. The van der Waals surface area contributed by atoms with Gasteiger partial charge in [0.15, 0.2) is 0 Å². The van der Waals surface area contributed by atoms with Gasteiger partial charge >= 0.3 is 5.97 Å². The molecule has 1 aromatic heterocycles. The van der Waals surface area contributed by atoms with E-state index in [0.29, 0.717) is 25.1 Å². The fourth-order valence-electron chi connectivity index (χ4n) is 2.58. The van der Waals surface area contributed by atoms with E-state index in [1.54, 1.807) is 13.2 Å². The third kappa shape index (κ3) is 7.39. The Morgan fingerprint density at radius 1 is 1.33 bits per heavy atom. The summed E-state index contributed by atoms with van der Waals surface area (Å²) >= 11 is 0. The Morgan fingerprint density at radius 2 is 2.00 bits per heavy atom. The molecule has 1 rings (SSSR count). The number of carboxylic acid groups (broad SMARTS) is 1. The number of imidazole rings is 1. The van der Waals surface area contributed by atoms with Crippen LogP contribution in [-0.2, 0) is 37.9 Å². The molecule has 2 amide bonds. The maximum Gasteiger partial charge on any atom is 0.326 e. The van der Waals surface area contributed by atoms with Crippen molar-refractivity contribution in [2.75, 3.05) is 13.6 Å². The van der Waals surface area contributed by atoms with Crippen molar-refractivity contribution in [3.05, 3.63) is 18.2 Å². The molecule has 27 heavy (non-hydrogen) atoms. The minimum Gasteiger partial charge on any atom is -0.480 e. The van der Waals surface area contributed by atoms with Gasteiger partial charge in [-0.15, -0.1) is 0 Å². The van der Waals surface area contributed by atoms with Crippen LogP contribution in [-0.4, -0.2) is 69.5 Å². The number of hydrogen-bond donors (Lipinski definition) is 5. The second kappa shape index (κ2) is 12.6. The zero-order valence-corrected chi connectivity index (χ0v) is 16.4. The number of hydrogen-bond acceptors (Lipinski definition) is 7. The van der Waals surface area contributed by atoms with Gasteiger partial charge in [-0.2, -0.15) is 0 Å². The molecule has 3 atom stereocenters. The van der Waals surface area contributed by atoms with Gasteiger partial charge in [-0.3, -0.25) is 14.5 Å². The van der Waals surface area contributed by atoms with E-state index in [0.717, 1.165) is 4.90 Å². The molecule has 0 saturated carbocycles. The number of carbonyl (C=O) groups is 3. The number of rotatable bonds is 11. The number of imide groups is 1. The molecule has 7 N–H and O–H groups in total. The van der Waals surface area contributed by atoms with Gasteiger partial charge in [-0.05, 0) is 39.8 Å². The summed E-state index contributed by atoms with van der Waals surface area (Å²) in [7, 11) is 1.57. The van der Waals surface area contributed by atoms with Crippen LogP contribution in [0.5, 0.6) is 0 Å². The van der Waals surface area contributed by atoms with Gasteiger partial charge in [0.25, 0.3) is 0 Å². The zero-order valence-electron chi connectivity index (χ0n) is 15.4. The average Bonchev–Trinajstić information content (AvgIpc) is 3.11. The average molecular weight is 432 g/mol. The number of amides is 2. The van der Waals surface area contributed by atoms with Crippen molar-refractivity contribution in [1.82, 2.24) is 20.2 Å². The first-order chi connectivity index (χ1) is 12.3. The van der Waals surface area contributed by atoms with E-state index in [2.05, 4.69) is 15.3 Å². The SMILES string of the molecule is CNC(Cc1cnc[nH]1)C(=O)N(C(=O)C(C)N)C(CCCCN)C(=O)O.[Cu]. The first-order valence-corrected chi connectivity index (χ1v) is 8.53. The van der Waals surface area contributed by atoms with Gasteiger partial charge in [0, 0.05) is 35.4 Å². The Kier molecular flexibility index (Phi) is 11.7. The van der Waals surface area contributed by atoms with Crippen molar-refractivity contribution < 1.29 is 36.6 Å². The summed E-state index contributed by atoms with van der Waals surface area (Å²) in [4.78, 5) is 44.8. The topological polar surface area (TPSA) is 167 Å². The molecule has 0 aliphatic carbocycles. The fraction of sp³-hybridized carbons (Fsp3) is 0.625. The minimum atomic E-state index is -1.29. The summed E-state index contributed by atoms with van der Waals surface area (Å²) in [5, 5.41) is 12.4. The third-order valence-corrected chi connectivity index (χ3v) is 4.02. The summed E-state index contributed by atoms with van der Waals surface area (Å²) in [6.45, 7) is 1.82. The van der Waals surface area contributed by atoms with Gasteiger partial charge in [-0.1, -0.05) is 0 Å².